The number of pyridine rings is 1. The molecule has 5 rings (SSSR count). The van der Waals surface area contributed by atoms with Crippen molar-refractivity contribution in [2.45, 2.75) is 31.7 Å². The maximum atomic E-state index is 13.0. The highest BCUT2D eigenvalue weighted by atomic mass is 16.5. The number of imidazole rings is 1. The van der Waals surface area contributed by atoms with E-state index in [1.165, 1.54) is 17.9 Å². The predicted molar refractivity (Wildman–Crippen MR) is 138 cm³/mol. The van der Waals surface area contributed by atoms with Gasteiger partial charge < -0.3 is 15.2 Å². The fourth-order valence-electron chi connectivity index (χ4n) is 4.26. The van der Waals surface area contributed by atoms with E-state index in [4.69, 9.17) is 4.74 Å². The summed E-state index contributed by atoms with van der Waals surface area (Å²) in [6.45, 7) is 2.47. The molecular weight excluding hydrogens is 502 g/mol. The SMILES string of the molecule is COc1ccc2c(c1)C(=O)[N+](=CC1(C#Cc3ccc(-n4cnc(CCNC(C)O)c4)nc3)NC(=O)NC1=O)C2. The van der Waals surface area contributed by atoms with Crippen molar-refractivity contribution in [3.8, 4) is 23.4 Å². The van der Waals surface area contributed by atoms with Crippen molar-refractivity contribution in [1.29, 1.82) is 0 Å². The lowest BCUT2D eigenvalue weighted by Crippen LogP contribution is -2.49. The van der Waals surface area contributed by atoms with Crippen LogP contribution in [0.25, 0.3) is 5.82 Å². The molecule has 4 heterocycles. The van der Waals surface area contributed by atoms with Crippen LogP contribution in [0, 0.1) is 11.8 Å². The van der Waals surface area contributed by atoms with E-state index >= 15 is 0 Å². The molecule has 2 aromatic heterocycles. The van der Waals surface area contributed by atoms with Crippen LogP contribution < -0.4 is 20.7 Å². The molecule has 0 saturated carbocycles. The number of imide groups is 1. The number of hydrogen-bond donors (Lipinski definition) is 4. The predicted octanol–water partition coefficient (Wildman–Crippen LogP) is 0.113. The molecule has 0 aliphatic carbocycles. The molecule has 0 spiro atoms. The number of aliphatic hydroxyl groups is 1. The Morgan fingerprint density at radius 3 is 2.82 bits per heavy atom. The number of benzene rings is 1. The molecule has 2 aliphatic heterocycles. The molecule has 198 valence electrons. The Kier molecular flexibility index (Phi) is 6.93. The summed E-state index contributed by atoms with van der Waals surface area (Å²) in [6, 6.07) is 7.96. The van der Waals surface area contributed by atoms with E-state index in [-0.39, 0.29) is 12.5 Å². The fraction of sp³-hybridized carbons (Fsp3) is 0.259. The summed E-state index contributed by atoms with van der Waals surface area (Å²) >= 11 is 0. The van der Waals surface area contributed by atoms with E-state index in [9.17, 15) is 19.5 Å². The van der Waals surface area contributed by atoms with Gasteiger partial charge in [0.15, 0.2) is 12.8 Å². The van der Waals surface area contributed by atoms with Gasteiger partial charge in [0.1, 0.15) is 29.7 Å². The van der Waals surface area contributed by atoms with Crippen LogP contribution in [0.1, 0.15) is 34.1 Å². The summed E-state index contributed by atoms with van der Waals surface area (Å²) in [5, 5.41) is 17.0. The van der Waals surface area contributed by atoms with Gasteiger partial charge in [0.05, 0.1) is 12.8 Å². The molecule has 0 radical (unpaired) electrons. The van der Waals surface area contributed by atoms with E-state index in [0.717, 1.165) is 11.3 Å². The molecule has 12 nitrogen and oxygen atoms in total. The minimum absolute atomic E-state index is 0.225. The number of aliphatic hydroxyl groups excluding tert-OH is 1. The third-order valence-corrected chi connectivity index (χ3v) is 6.27. The molecule has 2 atom stereocenters. The average molecular weight is 529 g/mol. The minimum Gasteiger partial charge on any atom is -0.497 e. The number of ether oxygens (including phenoxy) is 1. The maximum Gasteiger partial charge on any atom is 0.420 e. The number of fused-ring (bicyclic) bond motifs is 1. The van der Waals surface area contributed by atoms with Gasteiger partial charge in [0.25, 0.3) is 11.4 Å². The van der Waals surface area contributed by atoms with Crippen molar-refractivity contribution < 1.29 is 28.8 Å². The number of nitrogens with one attached hydrogen (secondary N) is 3. The summed E-state index contributed by atoms with van der Waals surface area (Å²) < 4.78 is 8.33. The van der Waals surface area contributed by atoms with Gasteiger partial charge in [-0.15, -0.1) is 0 Å². The first kappa shape index (κ1) is 25.8. The summed E-state index contributed by atoms with van der Waals surface area (Å²) in [7, 11) is 1.52. The number of rotatable bonds is 7. The first-order valence-electron chi connectivity index (χ1n) is 12.2. The zero-order chi connectivity index (χ0) is 27.6. The van der Waals surface area contributed by atoms with Gasteiger partial charge in [0.2, 0.25) is 0 Å². The lowest BCUT2D eigenvalue weighted by atomic mass is 10.0. The highest BCUT2D eigenvalue weighted by Gasteiger charge is 2.49. The van der Waals surface area contributed by atoms with Gasteiger partial charge in [-0.25, -0.2) is 19.6 Å². The quantitative estimate of drug-likeness (QED) is 0.146. The number of aromatic nitrogens is 3. The molecule has 1 saturated heterocycles. The smallest absolute Gasteiger partial charge is 0.420 e. The van der Waals surface area contributed by atoms with E-state index < -0.39 is 23.7 Å². The number of methoxy groups -OCH3 is 1. The Morgan fingerprint density at radius 2 is 2.13 bits per heavy atom. The third kappa shape index (κ3) is 5.40. The standard InChI is InChI=1S/C27H25N7O5/c1-17(35)28-10-8-20-14-34(16-30-20)23-6-3-18(12-29-23)7-9-27(25(37)31-26(38)32-27)15-33-13-19-4-5-21(39-2)11-22(19)24(33)36/h3-6,11-12,14-17,28,35H,8,10,13H2,1-2H3,(H-,31,32,37,38)/p+1. The number of amides is 4. The van der Waals surface area contributed by atoms with Gasteiger partial charge in [-0.3, -0.25) is 20.0 Å². The summed E-state index contributed by atoms with van der Waals surface area (Å²) in [4.78, 5) is 46.7. The van der Waals surface area contributed by atoms with Crippen molar-refractivity contribution >= 4 is 24.1 Å². The number of urea groups is 1. The first-order valence-corrected chi connectivity index (χ1v) is 12.2. The van der Waals surface area contributed by atoms with E-state index in [2.05, 4.69) is 37.8 Å². The molecule has 2 unspecified atom stereocenters. The van der Waals surface area contributed by atoms with Crippen LogP contribution in [-0.4, -0.2) is 73.7 Å². The van der Waals surface area contributed by atoms with Crippen LogP contribution in [0.15, 0.2) is 49.1 Å². The zero-order valence-electron chi connectivity index (χ0n) is 21.3. The molecule has 2 aliphatic rings. The van der Waals surface area contributed by atoms with Crippen molar-refractivity contribution in [2.75, 3.05) is 13.7 Å². The number of carbonyl (C=O) groups excluding carboxylic acids is 3. The largest absolute Gasteiger partial charge is 0.497 e. The third-order valence-electron chi connectivity index (χ3n) is 6.27. The molecule has 12 heteroatoms. The lowest BCUT2D eigenvalue weighted by Gasteiger charge is -2.11. The maximum absolute atomic E-state index is 13.0. The highest BCUT2D eigenvalue weighted by Crippen LogP contribution is 2.25. The second-order valence-corrected chi connectivity index (χ2v) is 9.11. The fourth-order valence-corrected chi connectivity index (χ4v) is 4.26. The second-order valence-electron chi connectivity index (χ2n) is 9.11. The van der Waals surface area contributed by atoms with Crippen LogP contribution in [0.2, 0.25) is 0 Å². The Hall–Kier alpha value is -4.86. The monoisotopic (exact) mass is 528 g/mol. The molecular formula is C27H26N7O5+. The average Bonchev–Trinajstić information content (AvgIpc) is 3.59. The molecule has 1 fully saturated rings. The molecule has 4 amide bonds. The van der Waals surface area contributed by atoms with E-state index in [1.54, 1.807) is 54.3 Å². The molecule has 1 aromatic carbocycles. The summed E-state index contributed by atoms with van der Waals surface area (Å²) in [5.41, 5.74) is 0.831. The topological polar surface area (TPSA) is 150 Å². The van der Waals surface area contributed by atoms with Crippen molar-refractivity contribution in [2.24, 2.45) is 0 Å². The van der Waals surface area contributed by atoms with Crippen LogP contribution in [0.3, 0.4) is 0 Å². The van der Waals surface area contributed by atoms with Crippen molar-refractivity contribution in [3.05, 3.63) is 71.4 Å². The Bertz CT molecular complexity index is 1550. The molecule has 39 heavy (non-hydrogen) atoms. The van der Waals surface area contributed by atoms with Gasteiger partial charge in [-0.05, 0) is 43.2 Å². The van der Waals surface area contributed by atoms with E-state index in [0.29, 0.717) is 35.7 Å². The number of nitrogens with zero attached hydrogens (tertiary/aromatic N) is 4. The summed E-state index contributed by atoms with van der Waals surface area (Å²) in [6.07, 6.45) is 6.44. The van der Waals surface area contributed by atoms with Gasteiger partial charge >= 0.3 is 11.9 Å². The Balaban J connectivity index is 1.37. The number of hydrogen-bond acceptors (Lipinski definition) is 8. The van der Waals surface area contributed by atoms with Crippen LogP contribution in [-0.2, 0) is 17.8 Å². The molecule has 4 N–H and O–H groups in total. The van der Waals surface area contributed by atoms with Crippen LogP contribution >= 0.6 is 0 Å². The molecule has 0 bridgehead atoms. The minimum atomic E-state index is -1.74. The first-order chi connectivity index (χ1) is 18.8. The van der Waals surface area contributed by atoms with Crippen LogP contribution in [0.4, 0.5) is 4.79 Å². The second kappa shape index (κ2) is 10.5. The lowest BCUT2D eigenvalue weighted by molar-refractivity contribution is -0.434. The normalized spacial score (nSPS) is 19.8. The van der Waals surface area contributed by atoms with Crippen LogP contribution in [0.5, 0.6) is 5.75 Å². The Labute approximate surface area is 223 Å². The van der Waals surface area contributed by atoms with Gasteiger partial charge in [-0.1, -0.05) is 5.92 Å². The van der Waals surface area contributed by atoms with E-state index in [1.807, 2.05) is 6.20 Å². The summed E-state index contributed by atoms with van der Waals surface area (Å²) in [5.74, 6) is 5.88. The molecule has 3 aromatic rings. The van der Waals surface area contributed by atoms with Gasteiger partial charge in [-0.2, -0.15) is 4.58 Å². The Morgan fingerprint density at radius 1 is 1.28 bits per heavy atom. The zero-order valence-corrected chi connectivity index (χ0v) is 21.3. The highest BCUT2D eigenvalue weighted by molar-refractivity contribution is 6.19. The van der Waals surface area contributed by atoms with Crippen molar-refractivity contribution in [3.63, 3.8) is 0 Å². The van der Waals surface area contributed by atoms with Gasteiger partial charge in [0, 0.05) is 36.5 Å². The van der Waals surface area contributed by atoms with Crippen molar-refractivity contribution in [1.82, 2.24) is 30.5 Å². The number of carbonyl (C=O) groups is 3.